The van der Waals surface area contributed by atoms with Gasteiger partial charge in [0.25, 0.3) is 0 Å². The number of nitrogens with two attached hydrogens (primary N) is 1. The monoisotopic (exact) mass is 263 g/mol. The van der Waals surface area contributed by atoms with Crippen LogP contribution in [0.5, 0.6) is 5.75 Å². The fraction of sp³-hybridized carbons (Fsp3) is 0.647. The molecule has 0 saturated heterocycles. The van der Waals surface area contributed by atoms with Gasteiger partial charge in [0.15, 0.2) is 0 Å². The topological polar surface area (TPSA) is 35.2 Å². The van der Waals surface area contributed by atoms with Crippen molar-refractivity contribution in [1.82, 2.24) is 0 Å². The molecular formula is C17H29NO. The minimum Gasteiger partial charge on any atom is -0.493 e. The van der Waals surface area contributed by atoms with Crippen molar-refractivity contribution in [2.75, 3.05) is 13.2 Å². The van der Waals surface area contributed by atoms with Crippen molar-refractivity contribution >= 4 is 0 Å². The summed E-state index contributed by atoms with van der Waals surface area (Å²) < 4.78 is 5.89. The zero-order chi connectivity index (χ0) is 14.7. The van der Waals surface area contributed by atoms with Crippen LogP contribution in [-0.2, 0) is 10.8 Å². The maximum Gasteiger partial charge on any atom is 0.123 e. The first-order valence-electron chi connectivity index (χ1n) is 7.14. The summed E-state index contributed by atoms with van der Waals surface area (Å²) in [4.78, 5) is 0. The molecule has 108 valence electrons. The average molecular weight is 263 g/mol. The van der Waals surface area contributed by atoms with E-state index in [9.17, 15) is 0 Å². The molecule has 0 aliphatic carbocycles. The molecule has 0 heterocycles. The minimum absolute atomic E-state index is 0.0826. The summed E-state index contributed by atoms with van der Waals surface area (Å²) >= 11 is 0. The zero-order valence-corrected chi connectivity index (χ0v) is 13.3. The van der Waals surface area contributed by atoms with Crippen molar-refractivity contribution in [3.63, 3.8) is 0 Å². The average Bonchev–Trinajstić information content (AvgIpc) is 2.27. The molecule has 0 amide bonds. The van der Waals surface area contributed by atoms with E-state index in [2.05, 4.69) is 59.7 Å². The van der Waals surface area contributed by atoms with Gasteiger partial charge in [-0.05, 0) is 41.0 Å². The Kier molecular flexibility index (Phi) is 5.03. The van der Waals surface area contributed by atoms with Crippen molar-refractivity contribution in [3.8, 4) is 5.75 Å². The van der Waals surface area contributed by atoms with Crippen LogP contribution in [0.3, 0.4) is 0 Å². The lowest BCUT2D eigenvalue weighted by Crippen LogP contribution is -2.18. The van der Waals surface area contributed by atoms with Crippen LogP contribution in [0.4, 0.5) is 0 Å². The second kappa shape index (κ2) is 5.96. The van der Waals surface area contributed by atoms with Crippen molar-refractivity contribution in [1.29, 1.82) is 0 Å². The Morgan fingerprint density at radius 3 is 2.11 bits per heavy atom. The SMILES string of the molecule is CC(C)(C)c1ccc(OCCCN)c(C(C)(C)C)c1. The Hall–Kier alpha value is -1.02. The fourth-order valence-corrected chi connectivity index (χ4v) is 1.97. The van der Waals surface area contributed by atoms with Crippen molar-refractivity contribution in [2.45, 2.75) is 58.8 Å². The highest BCUT2D eigenvalue weighted by molar-refractivity contribution is 5.43. The maximum atomic E-state index is 5.89. The highest BCUT2D eigenvalue weighted by Gasteiger charge is 2.22. The molecule has 0 radical (unpaired) electrons. The third-order valence-electron chi connectivity index (χ3n) is 3.26. The molecule has 2 N–H and O–H groups in total. The lowest BCUT2D eigenvalue weighted by atomic mass is 9.80. The van der Waals surface area contributed by atoms with Gasteiger partial charge in [-0.2, -0.15) is 0 Å². The molecular weight excluding hydrogens is 234 g/mol. The van der Waals surface area contributed by atoms with Gasteiger partial charge in [-0.25, -0.2) is 0 Å². The third kappa shape index (κ3) is 4.54. The smallest absolute Gasteiger partial charge is 0.123 e. The first-order valence-corrected chi connectivity index (χ1v) is 7.14. The van der Waals surface area contributed by atoms with Gasteiger partial charge in [0.05, 0.1) is 6.61 Å². The van der Waals surface area contributed by atoms with Crippen molar-refractivity contribution < 1.29 is 4.74 Å². The van der Waals surface area contributed by atoms with E-state index in [1.54, 1.807) is 0 Å². The molecule has 2 heteroatoms. The van der Waals surface area contributed by atoms with Gasteiger partial charge < -0.3 is 10.5 Å². The molecule has 19 heavy (non-hydrogen) atoms. The Bertz CT molecular complexity index is 410. The van der Waals surface area contributed by atoms with Crippen LogP contribution in [0.25, 0.3) is 0 Å². The van der Waals surface area contributed by atoms with Crippen LogP contribution in [-0.4, -0.2) is 13.2 Å². The molecule has 0 atom stereocenters. The fourth-order valence-electron chi connectivity index (χ4n) is 1.97. The van der Waals surface area contributed by atoms with E-state index in [1.807, 2.05) is 0 Å². The second-order valence-electron chi connectivity index (χ2n) is 7.20. The molecule has 0 fully saturated rings. The highest BCUT2D eigenvalue weighted by Crippen LogP contribution is 2.35. The van der Waals surface area contributed by atoms with Crippen LogP contribution in [0.2, 0.25) is 0 Å². The Balaban J connectivity index is 3.11. The molecule has 0 bridgehead atoms. The van der Waals surface area contributed by atoms with E-state index in [0.29, 0.717) is 13.2 Å². The van der Waals surface area contributed by atoms with Crippen molar-refractivity contribution in [2.24, 2.45) is 5.73 Å². The van der Waals surface area contributed by atoms with Crippen LogP contribution in [0.15, 0.2) is 18.2 Å². The molecule has 2 nitrogen and oxygen atoms in total. The molecule has 0 aliphatic rings. The molecule has 1 aromatic carbocycles. The van der Waals surface area contributed by atoms with E-state index in [1.165, 1.54) is 11.1 Å². The third-order valence-corrected chi connectivity index (χ3v) is 3.26. The molecule has 0 saturated carbocycles. The highest BCUT2D eigenvalue weighted by atomic mass is 16.5. The molecule has 1 rings (SSSR count). The Morgan fingerprint density at radius 2 is 1.63 bits per heavy atom. The summed E-state index contributed by atoms with van der Waals surface area (Å²) in [6, 6.07) is 6.57. The normalized spacial score (nSPS) is 12.6. The van der Waals surface area contributed by atoms with E-state index in [4.69, 9.17) is 10.5 Å². The van der Waals surface area contributed by atoms with Gasteiger partial charge in [-0.1, -0.05) is 53.7 Å². The molecule has 0 aliphatic heterocycles. The van der Waals surface area contributed by atoms with Crippen LogP contribution in [0, 0.1) is 0 Å². The van der Waals surface area contributed by atoms with Gasteiger partial charge in [0.1, 0.15) is 5.75 Å². The molecule has 0 aromatic heterocycles. The second-order valence-corrected chi connectivity index (χ2v) is 7.20. The van der Waals surface area contributed by atoms with Gasteiger partial charge in [-0.3, -0.25) is 0 Å². The molecule has 0 unspecified atom stereocenters. The van der Waals surface area contributed by atoms with E-state index in [0.717, 1.165) is 12.2 Å². The minimum atomic E-state index is 0.0826. The summed E-state index contributed by atoms with van der Waals surface area (Å²) in [5, 5.41) is 0. The summed E-state index contributed by atoms with van der Waals surface area (Å²) in [7, 11) is 0. The number of hydrogen-bond donors (Lipinski definition) is 1. The van der Waals surface area contributed by atoms with Gasteiger partial charge in [0, 0.05) is 0 Å². The zero-order valence-electron chi connectivity index (χ0n) is 13.3. The van der Waals surface area contributed by atoms with Crippen LogP contribution in [0.1, 0.15) is 59.1 Å². The summed E-state index contributed by atoms with van der Waals surface area (Å²) in [6.45, 7) is 14.8. The largest absolute Gasteiger partial charge is 0.493 e. The summed E-state index contributed by atoms with van der Waals surface area (Å²) in [5.41, 5.74) is 8.39. The van der Waals surface area contributed by atoms with Crippen LogP contribution >= 0.6 is 0 Å². The predicted molar refractivity (Wildman–Crippen MR) is 83.0 cm³/mol. The summed E-state index contributed by atoms with van der Waals surface area (Å²) in [5.74, 6) is 0.994. The Labute approximate surface area is 118 Å². The first-order chi connectivity index (χ1) is 8.66. The van der Waals surface area contributed by atoms with Gasteiger partial charge in [0.2, 0.25) is 0 Å². The number of hydrogen-bond acceptors (Lipinski definition) is 2. The van der Waals surface area contributed by atoms with Gasteiger partial charge in [-0.15, -0.1) is 0 Å². The molecule has 1 aromatic rings. The maximum absolute atomic E-state index is 5.89. The van der Waals surface area contributed by atoms with Crippen LogP contribution < -0.4 is 10.5 Å². The predicted octanol–water partition coefficient (Wildman–Crippen LogP) is 4.01. The first kappa shape index (κ1) is 16.0. The Morgan fingerprint density at radius 1 is 1.00 bits per heavy atom. The summed E-state index contributed by atoms with van der Waals surface area (Å²) in [6.07, 6.45) is 0.893. The lowest BCUT2D eigenvalue weighted by Gasteiger charge is -2.27. The molecule has 0 spiro atoms. The van der Waals surface area contributed by atoms with E-state index < -0.39 is 0 Å². The number of rotatable bonds is 4. The quantitative estimate of drug-likeness (QED) is 0.833. The van der Waals surface area contributed by atoms with Gasteiger partial charge >= 0.3 is 0 Å². The van der Waals surface area contributed by atoms with E-state index in [-0.39, 0.29) is 10.8 Å². The number of benzene rings is 1. The van der Waals surface area contributed by atoms with E-state index >= 15 is 0 Å². The lowest BCUT2D eigenvalue weighted by molar-refractivity contribution is 0.304. The van der Waals surface area contributed by atoms with Crippen molar-refractivity contribution in [3.05, 3.63) is 29.3 Å². The standard InChI is InChI=1S/C17H29NO/c1-16(2,3)13-8-9-15(19-11-7-10-18)14(12-13)17(4,5)6/h8-9,12H,7,10-11,18H2,1-6H3. The number of ether oxygens (including phenoxy) is 1.